The van der Waals surface area contributed by atoms with Crippen LogP contribution in [0.5, 0.6) is 0 Å². The van der Waals surface area contributed by atoms with E-state index in [1.165, 1.54) is 25.1 Å². The number of hydrogen-bond donors (Lipinski definition) is 0. The predicted octanol–water partition coefficient (Wildman–Crippen LogP) is 1.19. The highest BCUT2D eigenvalue weighted by Crippen LogP contribution is 2.21. The summed E-state index contributed by atoms with van der Waals surface area (Å²) >= 11 is 0. The molecule has 1 aromatic rings. The third-order valence-electron chi connectivity index (χ3n) is 2.08. The van der Waals surface area contributed by atoms with Gasteiger partial charge in [0.05, 0.1) is 19.2 Å². The fraction of sp³-hybridized carbons (Fsp3) is 0.500. The smallest absolute Gasteiger partial charge is 0.394 e. The molecule has 100 valence electrons. The third-order valence-corrected chi connectivity index (χ3v) is 2.08. The summed E-state index contributed by atoms with van der Waals surface area (Å²) in [5.41, 5.74) is -0.149. The largest absolute Gasteiger partial charge is 0.468 e. The molecule has 0 saturated heterocycles. The maximum atomic E-state index is 12.2. The highest BCUT2D eigenvalue weighted by Gasteiger charge is 2.28. The molecule has 0 aliphatic heterocycles. The number of likely N-dealkylation sites (N-methyl/N-ethyl adjacent to an activating group) is 1. The molecule has 0 amide bonds. The monoisotopic (exact) mass is 263 g/mol. The summed E-state index contributed by atoms with van der Waals surface area (Å²) < 4.78 is 41.0. The molecule has 0 aromatic carbocycles. The molecule has 1 heterocycles. The highest BCUT2D eigenvalue weighted by atomic mass is 19.4. The molecule has 0 saturated carbocycles. The number of anilines is 1. The second kappa shape index (κ2) is 5.65. The van der Waals surface area contributed by atoms with Gasteiger partial charge in [0.15, 0.2) is 0 Å². The Labute approximate surface area is 102 Å². The summed E-state index contributed by atoms with van der Waals surface area (Å²) in [6.45, 7) is -0.0982. The molecule has 0 aliphatic rings. The van der Waals surface area contributed by atoms with Gasteiger partial charge in [0, 0.05) is 13.1 Å². The summed E-state index contributed by atoms with van der Waals surface area (Å²) in [5.74, 6) is -0.275. The van der Waals surface area contributed by atoms with Crippen LogP contribution in [0.2, 0.25) is 0 Å². The van der Waals surface area contributed by atoms with E-state index in [0.717, 1.165) is 6.33 Å². The highest BCUT2D eigenvalue weighted by molar-refractivity contribution is 5.74. The van der Waals surface area contributed by atoms with Crippen molar-refractivity contribution in [2.75, 3.05) is 25.6 Å². The zero-order chi connectivity index (χ0) is 13.8. The first-order chi connectivity index (χ1) is 8.31. The molecule has 0 bridgehead atoms. The Morgan fingerprint density at radius 1 is 1.44 bits per heavy atom. The summed E-state index contributed by atoms with van der Waals surface area (Å²) in [6.07, 6.45) is -4.43. The molecule has 8 heteroatoms. The molecule has 0 spiro atoms. The Morgan fingerprint density at radius 2 is 2.11 bits per heavy atom. The molecule has 0 atom stereocenters. The number of halogens is 3. The van der Waals surface area contributed by atoms with Crippen molar-refractivity contribution < 1.29 is 22.7 Å². The van der Waals surface area contributed by atoms with Gasteiger partial charge < -0.3 is 9.64 Å². The standard InChI is InChI=1S/C10H12F3N3O2/c1-16(5-9(17)18-2)8-3-7(14-6-15-8)4-10(11,12)13/h3,6H,4-5H2,1-2H3. The predicted molar refractivity (Wildman–Crippen MR) is 57.1 cm³/mol. The number of nitrogens with zero attached hydrogens (tertiary/aromatic N) is 3. The summed E-state index contributed by atoms with van der Waals surface area (Å²) in [5, 5.41) is 0. The van der Waals surface area contributed by atoms with E-state index in [1.54, 1.807) is 0 Å². The zero-order valence-corrected chi connectivity index (χ0v) is 9.86. The number of methoxy groups -OCH3 is 1. The van der Waals surface area contributed by atoms with E-state index in [4.69, 9.17) is 0 Å². The van der Waals surface area contributed by atoms with Crippen molar-refractivity contribution in [1.29, 1.82) is 0 Å². The van der Waals surface area contributed by atoms with Crippen molar-refractivity contribution >= 4 is 11.8 Å². The summed E-state index contributed by atoms with van der Waals surface area (Å²) in [6, 6.07) is 1.19. The lowest BCUT2D eigenvalue weighted by molar-refractivity contribution is -0.139. The lowest BCUT2D eigenvalue weighted by Gasteiger charge is -2.17. The van der Waals surface area contributed by atoms with Crippen molar-refractivity contribution in [3.05, 3.63) is 18.1 Å². The van der Waals surface area contributed by atoms with Crippen molar-refractivity contribution in [2.45, 2.75) is 12.6 Å². The van der Waals surface area contributed by atoms with Gasteiger partial charge in [0.1, 0.15) is 18.7 Å². The fourth-order valence-electron chi connectivity index (χ4n) is 1.24. The van der Waals surface area contributed by atoms with E-state index < -0.39 is 18.6 Å². The fourth-order valence-corrected chi connectivity index (χ4v) is 1.24. The Balaban J connectivity index is 2.78. The third kappa shape index (κ3) is 4.56. The number of carbonyl (C=O) groups is 1. The molecule has 0 N–H and O–H groups in total. The lowest BCUT2D eigenvalue weighted by Crippen LogP contribution is -2.27. The van der Waals surface area contributed by atoms with Crippen LogP contribution in [-0.2, 0) is 16.0 Å². The minimum Gasteiger partial charge on any atom is -0.468 e. The van der Waals surface area contributed by atoms with Crippen LogP contribution in [0.3, 0.4) is 0 Å². The molecule has 0 aliphatic carbocycles. The number of ether oxygens (including phenoxy) is 1. The first kappa shape index (κ1) is 14.2. The molecular weight excluding hydrogens is 251 g/mol. The van der Waals surface area contributed by atoms with Gasteiger partial charge in [0.25, 0.3) is 0 Å². The van der Waals surface area contributed by atoms with Gasteiger partial charge in [-0.05, 0) is 0 Å². The summed E-state index contributed by atoms with van der Waals surface area (Å²) in [7, 11) is 2.75. The average molecular weight is 263 g/mol. The average Bonchev–Trinajstić information content (AvgIpc) is 2.26. The molecule has 0 fully saturated rings. The minimum atomic E-state index is -4.33. The molecule has 1 aromatic heterocycles. The van der Waals surface area contributed by atoms with E-state index in [2.05, 4.69) is 14.7 Å². The van der Waals surface area contributed by atoms with Crippen molar-refractivity contribution in [3.63, 3.8) is 0 Å². The first-order valence-electron chi connectivity index (χ1n) is 4.97. The van der Waals surface area contributed by atoms with Crippen LogP contribution >= 0.6 is 0 Å². The second-order valence-corrected chi connectivity index (χ2v) is 3.59. The van der Waals surface area contributed by atoms with Gasteiger partial charge in [-0.2, -0.15) is 13.2 Å². The Morgan fingerprint density at radius 3 is 2.67 bits per heavy atom. The minimum absolute atomic E-state index is 0.0982. The number of aromatic nitrogens is 2. The quantitative estimate of drug-likeness (QED) is 0.764. The Hall–Kier alpha value is -1.86. The number of hydrogen-bond acceptors (Lipinski definition) is 5. The topological polar surface area (TPSA) is 55.3 Å². The van der Waals surface area contributed by atoms with Gasteiger partial charge in [-0.3, -0.25) is 4.79 Å². The van der Waals surface area contributed by atoms with Crippen LogP contribution in [0.1, 0.15) is 5.69 Å². The molecule has 18 heavy (non-hydrogen) atoms. The van der Waals surface area contributed by atoms with Crippen LogP contribution in [0, 0.1) is 0 Å². The molecule has 0 radical (unpaired) electrons. The lowest BCUT2D eigenvalue weighted by atomic mass is 10.3. The van der Waals surface area contributed by atoms with E-state index in [-0.39, 0.29) is 18.1 Å². The van der Waals surface area contributed by atoms with Gasteiger partial charge >= 0.3 is 12.1 Å². The Kier molecular flexibility index (Phi) is 4.46. The van der Waals surface area contributed by atoms with Crippen molar-refractivity contribution in [1.82, 2.24) is 9.97 Å². The van der Waals surface area contributed by atoms with Gasteiger partial charge in [-0.25, -0.2) is 9.97 Å². The van der Waals surface area contributed by atoms with Crippen LogP contribution in [0.4, 0.5) is 19.0 Å². The summed E-state index contributed by atoms with van der Waals surface area (Å²) in [4.78, 5) is 19.7. The van der Waals surface area contributed by atoms with Gasteiger partial charge in [0.2, 0.25) is 0 Å². The van der Waals surface area contributed by atoms with Crippen LogP contribution in [0.15, 0.2) is 12.4 Å². The molecule has 0 unspecified atom stereocenters. The molecule has 1 rings (SSSR count). The van der Waals surface area contributed by atoms with Gasteiger partial charge in [-0.15, -0.1) is 0 Å². The van der Waals surface area contributed by atoms with Gasteiger partial charge in [-0.1, -0.05) is 0 Å². The number of alkyl halides is 3. The van der Waals surface area contributed by atoms with E-state index >= 15 is 0 Å². The van der Waals surface area contributed by atoms with E-state index in [0.29, 0.717) is 0 Å². The van der Waals surface area contributed by atoms with Crippen LogP contribution in [-0.4, -0.2) is 42.8 Å². The van der Waals surface area contributed by atoms with Crippen molar-refractivity contribution in [3.8, 4) is 0 Å². The number of carbonyl (C=O) groups excluding carboxylic acids is 1. The van der Waals surface area contributed by atoms with E-state index in [1.807, 2.05) is 0 Å². The Bertz CT molecular complexity index is 423. The zero-order valence-electron chi connectivity index (χ0n) is 9.86. The normalized spacial score (nSPS) is 11.2. The second-order valence-electron chi connectivity index (χ2n) is 3.59. The molecule has 5 nitrogen and oxygen atoms in total. The first-order valence-corrected chi connectivity index (χ1v) is 4.97. The maximum Gasteiger partial charge on any atom is 0.394 e. The molecular formula is C10H12F3N3O2. The maximum absolute atomic E-state index is 12.2. The van der Waals surface area contributed by atoms with Crippen molar-refractivity contribution in [2.24, 2.45) is 0 Å². The van der Waals surface area contributed by atoms with Crippen LogP contribution in [0.25, 0.3) is 0 Å². The number of rotatable bonds is 4. The SMILES string of the molecule is COC(=O)CN(C)c1cc(CC(F)(F)F)ncn1. The number of esters is 1. The van der Waals surface area contributed by atoms with E-state index in [9.17, 15) is 18.0 Å². The van der Waals surface area contributed by atoms with Crippen LogP contribution < -0.4 is 4.90 Å².